The number of allylic oxidation sites excluding steroid dienone is 1. The number of amides is 1. The highest BCUT2D eigenvalue weighted by atomic mass is 19.1. The molecule has 2 N–H and O–H groups in total. The van der Waals surface area contributed by atoms with Crippen LogP contribution in [0.2, 0.25) is 0 Å². The van der Waals surface area contributed by atoms with Gasteiger partial charge in [-0.05, 0) is 53.9 Å². The first-order valence-electron chi connectivity index (χ1n) is 10.7. The van der Waals surface area contributed by atoms with Gasteiger partial charge in [-0.25, -0.2) is 8.78 Å². The third-order valence-corrected chi connectivity index (χ3v) is 5.66. The van der Waals surface area contributed by atoms with Crippen LogP contribution in [0, 0.1) is 11.6 Å². The highest BCUT2D eigenvalue weighted by molar-refractivity contribution is 6.32. The first-order chi connectivity index (χ1) is 16.1. The van der Waals surface area contributed by atoms with Gasteiger partial charge in [-0.1, -0.05) is 30.3 Å². The Labute approximate surface area is 190 Å². The molecule has 168 valence electrons. The number of carbonyl (C=O) groups is 1. The molecule has 1 amide bonds. The molecule has 3 aromatic rings. The van der Waals surface area contributed by atoms with Gasteiger partial charge in [0.05, 0.1) is 11.3 Å². The fourth-order valence-electron chi connectivity index (χ4n) is 3.97. The Morgan fingerprint density at radius 2 is 1.67 bits per heavy atom. The maximum Gasteiger partial charge on any atom is 0.256 e. The van der Waals surface area contributed by atoms with Crippen molar-refractivity contribution in [3.05, 3.63) is 95.1 Å². The Morgan fingerprint density at radius 3 is 2.39 bits per heavy atom. The monoisotopic (exact) mass is 448 g/mol. The minimum atomic E-state index is -0.297. The van der Waals surface area contributed by atoms with E-state index in [1.807, 2.05) is 6.08 Å². The minimum Gasteiger partial charge on any atom is -0.486 e. The number of fused-ring (bicyclic) bond motifs is 3. The third-order valence-electron chi connectivity index (χ3n) is 5.66. The van der Waals surface area contributed by atoms with Gasteiger partial charge in [0.1, 0.15) is 24.3 Å². The van der Waals surface area contributed by atoms with Crippen LogP contribution in [0.15, 0.2) is 66.7 Å². The predicted octanol–water partition coefficient (Wildman–Crippen LogP) is 4.47. The zero-order chi connectivity index (χ0) is 22.8. The van der Waals surface area contributed by atoms with Crippen molar-refractivity contribution in [3.63, 3.8) is 0 Å². The smallest absolute Gasteiger partial charge is 0.256 e. The number of anilines is 1. The molecule has 0 fully saturated rings. The molecule has 0 aliphatic carbocycles. The van der Waals surface area contributed by atoms with Gasteiger partial charge in [0.15, 0.2) is 11.5 Å². The van der Waals surface area contributed by atoms with Crippen LogP contribution in [0.5, 0.6) is 11.5 Å². The molecule has 2 aliphatic rings. The largest absolute Gasteiger partial charge is 0.486 e. The summed E-state index contributed by atoms with van der Waals surface area (Å²) in [5.74, 6) is 0.359. The molecule has 0 saturated heterocycles. The SMILES string of the molecule is O=C1Nc2ccc3c(c2/C1=C\Cc1ccc(F)cc1)OC(CNCc1ccc(F)cc1)CO3. The Morgan fingerprint density at radius 1 is 0.970 bits per heavy atom. The first kappa shape index (κ1) is 21.2. The number of rotatable bonds is 6. The molecular formula is C26H22F2N2O3. The lowest BCUT2D eigenvalue weighted by atomic mass is 10.0. The number of ether oxygens (including phenoxy) is 2. The van der Waals surface area contributed by atoms with Crippen LogP contribution in [0.1, 0.15) is 16.7 Å². The lowest BCUT2D eigenvalue weighted by Gasteiger charge is -2.28. The molecule has 3 aromatic carbocycles. The third kappa shape index (κ3) is 4.59. The van der Waals surface area contributed by atoms with Gasteiger partial charge in [-0.15, -0.1) is 0 Å². The van der Waals surface area contributed by atoms with Gasteiger partial charge in [0, 0.05) is 18.7 Å². The van der Waals surface area contributed by atoms with E-state index in [0.29, 0.717) is 54.4 Å². The molecule has 1 atom stereocenters. The summed E-state index contributed by atoms with van der Waals surface area (Å²) >= 11 is 0. The summed E-state index contributed by atoms with van der Waals surface area (Å²) in [6, 6.07) is 16.1. The molecular weight excluding hydrogens is 426 g/mol. The van der Waals surface area contributed by atoms with E-state index in [2.05, 4.69) is 10.6 Å². The lowest BCUT2D eigenvalue weighted by molar-refractivity contribution is -0.110. The van der Waals surface area contributed by atoms with Crippen molar-refractivity contribution in [2.45, 2.75) is 19.1 Å². The van der Waals surface area contributed by atoms with Crippen molar-refractivity contribution >= 4 is 17.2 Å². The van der Waals surface area contributed by atoms with Crippen molar-refractivity contribution in [2.24, 2.45) is 0 Å². The molecule has 0 bridgehead atoms. The Bertz CT molecular complexity index is 1210. The molecule has 0 spiro atoms. The van der Waals surface area contributed by atoms with E-state index < -0.39 is 0 Å². The zero-order valence-electron chi connectivity index (χ0n) is 17.7. The van der Waals surface area contributed by atoms with Gasteiger partial charge in [-0.3, -0.25) is 4.79 Å². The fraction of sp³-hybridized carbons (Fsp3) is 0.192. The number of halogens is 2. The molecule has 1 unspecified atom stereocenters. The Hall–Kier alpha value is -3.71. The summed E-state index contributed by atoms with van der Waals surface area (Å²) in [7, 11) is 0. The van der Waals surface area contributed by atoms with E-state index in [9.17, 15) is 13.6 Å². The van der Waals surface area contributed by atoms with Crippen LogP contribution in [0.3, 0.4) is 0 Å². The van der Waals surface area contributed by atoms with E-state index >= 15 is 0 Å². The second-order valence-corrected chi connectivity index (χ2v) is 8.03. The summed E-state index contributed by atoms with van der Waals surface area (Å²) < 4.78 is 38.4. The van der Waals surface area contributed by atoms with E-state index in [1.165, 1.54) is 24.3 Å². The van der Waals surface area contributed by atoms with Gasteiger partial charge in [0.2, 0.25) is 0 Å². The van der Waals surface area contributed by atoms with Crippen LogP contribution in [-0.2, 0) is 17.8 Å². The van der Waals surface area contributed by atoms with E-state index in [4.69, 9.17) is 9.47 Å². The minimum absolute atomic E-state index is 0.208. The number of hydrogen-bond donors (Lipinski definition) is 2. The maximum absolute atomic E-state index is 13.2. The van der Waals surface area contributed by atoms with E-state index in [-0.39, 0.29) is 23.6 Å². The number of benzene rings is 3. The normalized spacial score (nSPS) is 17.7. The molecule has 0 saturated carbocycles. The Kier molecular flexibility index (Phi) is 5.79. The molecule has 2 heterocycles. The Balaban J connectivity index is 1.32. The average Bonchev–Trinajstić information content (AvgIpc) is 3.15. The molecule has 33 heavy (non-hydrogen) atoms. The molecule has 5 rings (SSSR count). The maximum atomic E-state index is 13.2. The van der Waals surface area contributed by atoms with Crippen LogP contribution in [0.4, 0.5) is 14.5 Å². The van der Waals surface area contributed by atoms with Gasteiger partial charge < -0.3 is 20.1 Å². The molecule has 0 aromatic heterocycles. The van der Waals surface area contributed by atoms with Crippen molar-refractivity contribution in [2.75, 3.05) is 18.5 Å². The highest BCUT2D eigenvalue weighted by Gasteiger charge is 2.33. The van der Waals surface area contributed by atoms with E-state index in [1.54, 1.807) is 36.4 Å². The topological polar surface area (TPSA) is 59.6 Å². The molecule has 0 radical (unpaired) electrons. The number of carbonyl (C=O) groups excluding carboxylic acids is 1. The summed E-state index contributed by atoms with van der Waals surface area (Å²) in [6.45, 7) is 1.47. The van der Waals surface area contributed by atoms with Crippen molar-refractivity contribution in [3.8, 4) is 11.5 Å². The molecule has 2 aliphatic heterocycles. The zero-order valence-corrected chi connectivity index (χ0v) is 17.7. The quantitative estimate of drug-likeness (QED) is 0.547. The average molecular weight is 448 g/mol. The van der Waals surface area contributed by atoms with Crippen molar-refractivity contribution in [1.82, 2.24) is 5.32 Å². The number of hydrogen-bond acceptors (Lipinski definition) is 4. The van der Waals surface area contributed by atoms with Crippen molar-refractivity contribution < 1.29 is 23.0 Å². The highest BCUT2D eigenvalue weighted by Crippen LogP contribution is 2.46. The molecule has 5 nitrogen and oxygen atoms in total. The second kappa shape index (κ2) is 9.03. The molecule has 7 heteroatoms. The first-order valence-corrected chi connectivity index (χ1v) is 10.7. The fourth-order valence-corrected chi connectivity index (χ4v) is 3.97. The summed E-state index contributed by atoms with van der Waals surface area (Å²) in [6.07, 6.45) is 2.06. The van der Waals surface area contributed by atoms with Crippen LogP contribution in [0.25, 0.3) is 5.57 Å². The van der Waals surface area contributed by atoms with Crippen LogP contribution in [-0.4, -0.2) is 25.2 Å². The van der Waals surface area contributed by atoms with Crippen molar-refractivity contribution in [1.29, 1.82) is 0 Å². The van der Waals surface area contributed by atoms with Gasteiger partial charge in [0.25, 0.3) is 5.91 Å². The van der Waals surface area contributed by atoms with Crippen LogP contribution >= 0.6 is 0 Å². The summed E-state index contributed by atoms with van der Waals surface area (Å²) in [5.41, 5.74) is 3.73. The predicted molar refractivity (Wildman–Crippen MR) is 121 cm³/mol. The van der Waals surface area contributed by atoms with Gasteiger partial charge in [-0.2, -0.15) is 0 Å². The van der Waals surface area contributed by atoms with Crippen LogP contribution < -0.4 is 20.1 Å². The van der Waals surface area contributed by atoms with Gasteiger partial charge >= 0.3 is 0 Å². The standard InChI is InChI=1S/C26H22F2N2O3/c27-18-6-1-16(2-7-18)5-10-21-24-22(30-26(21)31)11-12-23-25(24)33-20(15-32-23)14-29-13-17-3-8-19(28)9-4-17/h1-4,6-12,20,29H,5,13-15H2,(H,30,31)/b21-10+. The summed E-state index contributed by atoms with van der Waals surface area (Å²) in [4.78, 5) is 12.7. The second-order valence-electron chi connectivity index (χ2n) is 8.03. The summed E-state index contributed by atoms with van der Waals surface area (Å²) in [5, 5.41) is 6.18. The lowest BCUT2D eigenvalue weighted by Crippen LogP contribution is -2.38. The number of nitrogens with one attached hydrogen (secondary N) is 2. The van der Waals surface area contributed by atoms with E-state index in [0.717, 1.165) is 11.1 Å².